The molecule has 0 aliphatic carbocycles. The van der Waals surface area contributed by atoms with Crippen molar-refractivity contribution in [2.24, 2.45) is 0 Å². The lowest BCUT2D eigenvalue weighted by Gasteiger charge is -2.40. The Labute approximate surface area is 143 Å². The molecule has 1 atom stereocenters. The van der Waals surface area contributed by atoms with Crippen LogP contribution in [0.3, 0.4) is 0 Å². The van der Waals surface area contributed by atoms with Crippen LogP contribution in [0.5, 0.6) is 0 Å². The second-order valence-corrected chi connectivity index (χ2v) is 5.73. The van der Waals surface area contributed by atoms with Gasteiger partial charge in [0.1, 0.15) is 0 Å². The van der Waals surface area contributed by atoms with Gasteiger partial charge < -0.3 is 15.3 Å². The zero-order valence-electron chi connectivity index (χ0n) is 13.1. The number of carboxylic acid groups (broad SMARTS) is 1. The maximum Gasteiger partial charge on any atom is 0.490 e. The highest BCUT2D eigenvalue weighted by Crippen LogP contribution is 2.33. The summed E-state index contributed by atoms with van der Waals surface area (Å²) < 4.78 is 69.8. The minimum atomic E-state index is -5.08. The van der Waals surface area contributed by atoms with Gasteiger partial charge in [0, 0.05) is 31.2 Å². The Morgan fingerprint density at radius 1 is 1.19 bits per heavy atom. The van der Waals surface area contributed by atoms with Crippen LogP contribution < -0.4 is 5.32 Å². The molecular formula is C15H14F6N2O3. The fourth-order valence-corrected chi connectivity index (χ4v) is 2.77. The van der Waals surface area contributed by atoms with Gasteiger partial charge in [0.05, 0.1) is 5.56 Å². The number of alkyl halides is 6. The van der Waals surface area contributed by atoms with Crippen LogP contribution in [0.2, 0.25) is 0 Å². The summed E-state index contributed by atoms with van der Waals surface area (Å²) in [6.07, 6.45) is -8.96. The van der Waals surface area contributed by atoms with Gasteiger partial charge in [-0.1, -0.05) is 0 Å². The molecule has 0 spiro atoms. The van der Waals surface area contributed by atoms with Gasteiger partial charge in [-0.2, -0.15) is 26.3 Å². The van der Waals surface area contributed by atoms with Crippen molar-refractivity contribution in [2.45, 2.75) is 24.8 Å². The second-order valence-electron chi connectivity index (χ2n) is 5.73. The molecule has 2 heterocycles. The zero-order valence-corrected chi connectivity index (χ0v) is 13.1. The van der Waals surface area contributed by atoms with Crippen LogP contribution in [0, 0.1) is 0 Å². The van der Waals surface area contributed by atoms with E-state index in [1.54, 1.807) is 4.90 Å². The van der Waals surface area contributed by atoms with E-state index in [4.69, 9.17) is 9.90 Å². The molecule has 1 aromatic rings. The number of aliphatic carboxylic acids is 1. The van der Waals surface area contributed by atoms with Crippen molar-refractivity contribution in [1.29, 1.82) is 0 Å². The number of rotatable bonds is 0. The van der Waals surface area contributed by atoms with Crippen molar-refractivity contribution in [2.75, 3.05) is 19.6 Å². The predicted octanol–water partition coefficient (Wildman–Crippen LogP) is 2.31. The fourth-order valence-electron chi connectivity index (χ4n) is 2.77. The molecule has 26 heavy (non-hydrogen) atoms. The first-order chi connectivity index (χ1) is 11.9. The molecular weight excluding hydrogens is 370 g/mol. The summed E-state index contributed by atoms with van der Waals surface area (Å²) >= 11 is 0. The Balaban J connectivity index is 0.000000298. The molecule has 1 aromatic carbocycles. The normalized spacial score (nSPS) is 19.8. The summed E-state index contributed by atoms with van der Waals surface area (Å²) in [5.74, 6) is -2.91. The number of fused-ring (bicyclic) bond motifs is 2. The van der Waals surface area contributed by atoms with Crippen LogP contribution in [0.4, 0.5) is 26.3 Å². The monoisotopic (exact) mass is 384 g/mol. The SMILES string of the molecule is O=C(O)C(F)(F)F.O=C1c2ccc(C(F)(F)F)cc2C[C@@H]2CNCCN12. The average molecular weight is 384 g/mol. The molecule has 0 saturated carbocycles. The molecule has 144 valence electrons. The van der Waals surface area contributed by atoms with E-state index < -0.39 is 23.9 Å². The summed E-state index contributed by atoms with van der Waals surface area (Å²) in [6, 6.07) is 3.37. The smallest absolute Gasteiger partial charge is 0.475 e. The van der Waals surface area contributed by atoms with Gasteiger partial charge >= 0.3 is 18.3 Å². The topological polar surface area (TPSA) is 69.6 Å². The van der Waals surface area contributed by atoms with E-state index >= 15 is 0 Å². The van der Waals surface area contributed by atoms with Crippen LogP contribution in [0.15, 0.2) is 18.2 Å². The Bertz CT molecular complexity index is 702. The number of nitrogens with zero attached hydrogens (tertiary/aromatic N) is 1. The van der Waals surface area contributed by atoms with Crippen LogP contribution in [0.1, 0.15) is 21.5 Å². The molecule has 0 bridgehead atoms. The lowest BCUT2D eigenvalue weighted by molar-refractivity contribution is -0.192. The number of hydrogen-bond donors (Lipinski definition) is 2. The van der Waals surface area contributed by atoms with Crippen molar-refractivity contribution in [3.8, 4) is 0 Å². The van der Waals surface area contributed by atoms with Gasteiger partial charge in [-0.3, -0.25) is 4.79 Å². The molecule has 0 aromatic heterocycles. The molecule has 2 aliphatic rings. The van der Waals surface area contributed by atoms with E-state index in [1.807, 2.05) is 0 Å². The van der Waals surface area contributed by atoms with E-state index in [0.717, 1.165) is 18.7 Å². The first-order valence-electron chi connectivity index (χ1n) is 7.43. The third-order valence-corrected chi connectivity index (χ3v) is 3.97. The van der Waals surface area contributed by atoms with E-state index in [0.29, 0.717) is 30.6 Å². The number of nitrogens with one attached hydrogen (secondary N) is 1. The Kier molecular flexibility index (Phi) is 5.49. The summed E-state index contributed by atoms with van der Waals surface area (Å²) in [7, 11) is 0. The minimum absolute atomic E-state index is 0.0303. The van der Waals surface area contributed by atoms with Crippen molar-refractivity contribution in [3.63, 3.8) is 0 Å². The van der Waals surface area contributed by atoms with Crippen molar-refractivity contribution in [3.05, 3.63) is 34.9 Å². The van der Waals surface area contributed by atoms with Crippen LogP contribution in [-0.2, 0) is 17.4 Å². The van der Waals surface area contributed by atoms with Crippen molar-refractivity contribution >= 4 is 11.9 Å². The first-order valence-corrected chi connectivity index (χ1v) is 7.43. The predicted molar refractivity (Wildman–Crippen MR) is 76.5 cm³/mol. The number of amides is 1. The summed E-state index contributed by atoms with van der Waals surface area (Å²) in [6.45, 7) is 1.99. The van der Waals surface area contributed by atoms with Crippen molar-refractivity contribution in [1.82, 2.24) is 10.2 Å². The minimum Gasteiger partial charge on any atom is -0.475 e. The summed E-state index contributed by atoms with van der Waals surface area (Å²) in [5.41, 5.74) is 0.229. The third kappa shape index (κ3) is 4.45. The van der Waals surface area contributed by atoms with Gasteiger partial charge in [-0.05, 0) is 30.2 Å². The molecule has 0 radical (unpaired) electrons. The first kappa shape index (κ1) is 20.0. The maximum atomic E-state index is 12.7. The molecule has 2 N–H and O–H groups in total. The Morgan fingerprint density at radius 3 is 2.35 bits per heavy atom. The number of carboxylic acids is 1. The summed E-state index contributed by atoms with van der Waals surface area (Å²) in [4.78, 5) is 22.9. The lowest BCUT2D eigenvalue weighted by Crippen LogP contribution is -2.56. The highest BCUT2D eigenvalue weighted by Gasteiger charge is 2.38. The van der Waals surface area contributed by atoms with E-state index in [2.05, 4.69) is 5.32 Å². The third-order valence-electron chi connectivity index (χ3n) is 3.97. The van der Waals surface area contributed by atoms with Gasteiger partial charge in [0.25, 0.3) is 5.91 Å². The standard InChI is InChI=1S/C13H13F3N2O.C2HF3O2/c14-13(15,16)9-1-2-11-8(5-9)6-10-7-17-3-4-18(10)12(11)19;3-2(4,5)1(6)7/h1-2,5,10,17H,3-4,6-7H2;(H,6,7)/t10-;/m1./s1. The van der Waals surface area contributed by atoms with E-state index in [9.17, 15) is 31.1 Å². The molecule has 1 saturated heterocycles. The van der Waals surface area contributed by atoms with E-state index in [-0.39, 0.29) is 11.9 Å². The van der Waals surface area contributed by atoms with Crippen LogP contribution in [-0.4, -0.2) is 53.7 Å². The average Bonchev–Trinajstić information content (AvgIpc) is 2.53. The second kappa shape index (κ2) is 7.14. The molecule has 0 unspecified atom stereocenters. The number of hydrogen-bond acceptors (Lipinski definition) is 3. The lowest BCUT2D eigenvalue weighted by atomic mass is 9.90. The molecule has 2 aliphatic heterocycles. The molecule has 3 rings (SSSR count). The number of halogens is 6. The Hall–Kier alpha value is -2.30. The van der Waals surface area contributed by atoms with Crippen LogP contribution in [0.25, 0.3) is 0 Å². The molecule has 11 heteroatoms. The van der Waals surface area contributed by atoms with Gasteiger partial charge in [0.2, 0.25) is 0 Å². The van der Waals surface area contributed by atoms with Gasteiger partial charge in [-0.15, -0.1) is 0 Å². The molecule has 5 nitrogen and oxygen atoms in total. The number of piperazine rings is 1. The van der Waals surface area contributed by atoms with Gasteiger partial charge in [-0.25, -0.2) is 4.79 Å². The molecule has 1 amide bonds. The summed E-state index contributed by atoms with van der Waals surface area (Å²) in [5, 5.41) is 10.3. The van der Waals surface area contributed by atoms with Crippen molar-refractivity contribution < 1.29 is 41.0 Å². The number of carbonyl (C=O) groups excluding carboxylic acids is 1. The van der Waals surface area contributed by atoms with E-state index in [1.165, 1.54) is 6.07 Å². The number of carbonyl (C=O) groups is 2. The largest absolute Gasteiger partial charge is 0.490 e. The number of benzene rings is 1. The maximum absolute atomic E-state index is 12.7. The highest BCUT2D eigenvalue weighted by molar-refractivity contribution is 5.97. The zero-order chi connectivity index (χ0) is 19.7. The highest BCUT2D eigenvalue weighted by atomic mass is 19.4. The Morgan fingerprint density at radius 2 is 1.81 bits per heavy atom. The quantitative estimate of drug-likeness (QED) is 0.674. The van der Waals surface area contributed by atoms with Gasteiger partial charge in [0.15, 0.2) is 0 Å². The van der Waals surface area contributed by atoms with Crippen LogP contribution >= 0.6 is 0 Å². The fraction of sp³-hybridized carbons (Fsp3) is 0.467. The molecule has 1 fully saturated rings.